The van der Waals surface area contributed by atoms with E-state index in [1.54, 1.807) is 0 Å². The summed E-state index contributed by atoms with van der Waals surface area (Å²) in [6.45, 7) is 1.74. The minimum absolute atomic E-state index is 0.287. The van der Waals surface area contributed by atoms with Crippen molar-refractivity contribution in [2.75, 3.05) is 6.61 Å². The van der Waals surface area contributed by atoms with Crippen molar-refractivity contribution in [1.29, 1.82) is 0 Å². The SMILES string of the molecule is Cc1ccc(CC(O)(CO)c2ccccc2)cc1. The lowest BCUT2D eigenvalue weighted by Gasteiger charge is -2.26. The molecule has 2 rings (SSSR count). The van der Waals surface area contributed by atoms with Crippen molar-refractivity contribution < 1.29 is 10.2 Å². The van der Waals surface area contributed by atoms with Gasteiger partial charge < -0.3 is 10.2 Å². The largest absolute Gasteiger partial charge is 0.393 e. The van der Waals surface area contributed by atoms with Gasteiger partial charge in [-0.3, -0.25) is 0 Å². The predicted octanol–water partition coefficient (Wildman–Crippen LogP) is 2.42. The van der Waals surface area contributed by atoms with E-state index in [1.165, 1.54) is 5.56 Å². The summed E-state index contributed by atoms with van der Waals surface area (Å²) in [4.78, 5) is 0. The van der Waals surface area contributed by atoms with E-state index < -0.39 is 5.60 Å². The first-order valence-electron chi connectivity index (χ1n) is 6.08. The van der Waals surface area contributed by atoms with E-state index in [0.717, 1.165) is 11.1 Å². The van der Waals surface area contributed by atoms with Gasteiger partial charge in [0.05, 0.1) is 6.61 Å². The lowest BCUT2D eigenvalue weighted by molar-refractivity contribution is -0.0187. The Hall–Kier alpha value is -1.64. The molecule has 18 heavy (non-hydrogen) atoms. The molecule has 2 aromatic rings. The molecule has 0 heterocycles. The van der Waals surface area contributed by atoms with Crippen LogP contribution < -0.4 is 0 Å². The van der Waals surface area contributed by atoms with Gasteiger partial charge in [0.15, 0.2) is 0 Å². The van der Waals surface area contributed by atoms with E-state index in [2.05, 4.69) is 0 Å². The van der Waals surface area contributed by atoms with Crippen LogP contribution in [0.25, 0.3) is 0 Å². The first kappa shape index (κ1) is 12.8. The van der Waals surface area contributed by atoms with Crippen LogP contribution in [0.4, 0.5) is 0 Å². The third-order valence-electron chi connectivity index (χ3n) is 3.19. The maximum atomic E-state index is 10.6. The van der Waals surface area contributed by atoms with Gasteiger partial charge in [-0.2, -0.15) is 0 Å². The van der Waals surface area contributed by atoms with Gasteiger partial charge in [-0.15, -0.1) is 0 Å². The summed E-state index contributed by atoms with van der Waals surface area (Å²) in [5.41, 5.74) is 1.73. The van der Waals surface area contributed by atoms with E-state index in [1.807, 2.05) is 61.5 Å². The molecule has 2 N–H and O–H groups in total. The molecule has 0 aliphatic rings. The normalized spacial score (nSPS) is 14.2. The molecule has 94 valence electrons. The second kappa shape index (κ2) is 5.34. The fraction of sp³-hybridized carbons (Fsp3) is 0.250. The third kappa shape index (κ3) is 2.78. The molecular weight excluding hydrogens is 224 g/mol. The zero-order valence-corrected chi connectivity index (χ0v) is 10.5. The highest BCUT2D eigenvalue weighted by atomic mass is 16.3. The van der Waals surface area contributed by atoms with Gasteiger partial charge in [-0.1, -0.05) is 60.2 Å². The molecule has 0 aliphatic carbocycles. The molecular formula is C16H18O2. The Kier molecular flexibility index (Phi) is 3.80. The maximum absolute atomic E-state index is 10.6. The molecule has 2 aromatic carbocycles. The topological polar surface area (TPSA) is 40.5 Å². The fourth-order valence-corrected chi connectivity index (χ4v) is 2.04. The molecule has 1 atom stereocenters. The summed E-state index contributed by atoms with van der Waals surface area (Å²) in [5, 5.41) is 20.1. The van der Waals surface area contributed by atoms with Crippen LogP contribution in [-0.2, 0) is 12.0 Å². The number of benzene rings is 2. The zero-order chi connectivity index (χ0) is 13.0. The smallest absolute Gasteiger partial charge is 0.117 e. The van der Waals surface area contributed by atoms with E-state index in [9.17, 15) is 10.2 Å². The summed E-state index contributed by atoms with van der Waals surface area (Å²) in [7, 11) is 0. The monoisotopic (exact) mass is 242 g/mol. The molecule has 2 nitrogen and oxygen atoms in total. The molecule has 0 radical (unpaired) electrons. The van der Waals surface area contributed by atoms with Crippen LogP contribution >= 0.6 is 0 Å². The average molecular weight is 242 g/mol. The molecule has 0 bridgehead atoms. The molecule has 0 fully saturated rings. The van der Waals surface area contributed by atoms with Crippen molar-refractivity contribution >= 4 is 0 Å². The Balaban J connectivity index is 2.26. The van der Waals surface area contributed by atoms with Gasteiger partial charge in [0.25, 0.3) is 0 Å². The quantitative estimate of drug-likeness (QED) is 0.864. The van der Waals surface area contributed by atoms with Crippen LogP contribution in [0, 0.1) is 6.92 Å². The van der Waals surface area contributed by atoms with Crippen molar-refractivity contribution in [2.24, 2.45) is 0 Å². The Bertz CT molecular complexity index is 490. The lowest BCUT2D eigenvalue weighted by Crippen LogP contribution is -2.32. The summed E-state index contributed by atoms with van der Waals surface area (Å²) in [6.07, 6.45) is 0.411. The van der Waals surface area contributed by atoms with Gasteiger partial charge in [0.1, 0.15) is 5.60 Å². The van der Waals surface area contributed by atoms with E-state index in [-0.39, 0.29) is 6.61 Å². The number of hydrogen-bond acceptors (Lipinski definition) is 2. The number of rotatable bonds is 4. The molecule has 0 aliphatic heterocycles. The van der Waals surface area contributed by atoms with Crippen molar-refractivity contribution in [3.05, 3.63) is 71.3 Å². The summed E-state index contributed by atoms with van der Waals surface area (Å²) in [5.74, 6) is 0. The Labute approximate surface area is 108 Å². The van der Waals surface area contributed by atoms with E-state index in [0.29, 0.717) is 6.42 Å². The third-order valence-corrected chi connectivity index (χ3v) is 3.19. The molecule has 1 unspecified atom stereocenters. The van der Waals surface area contributed by atoms with Gasteiger partial charge in [-0.05, 0) is 18.1 Å². The summed E-state index contributed by atoms with van der Waals surface area (Å²) in [6, 6.07) is 17.3. The second-order valence-electron chi connectivity index (χ2n) is 4.72. The van der Waals surface area contributed by atoms with Crippen LogP contribution in [0.15, 0.2) is 54.6 Å². The van der Waals surface area contributed by atoms with Crippen molar-refractivity contribution in [1.82, 2.24) is 0 Å². The van der Waals surface area contributed by atoms with Crippen LogP contribution in [0.2, 0.25) is 0 Å². The highest BCUT2D eigenvalue weighted by Crippen LogP contribution is 2.25. The number of aliphatic hydroxyl groups is 2. The summed E-state index contributed by atoms with van der Waals surface area (Å²) >= 11 is 0. The first-order valence-corrected chi connectivity index (χ1v) is 6.08. The molecule has 0 spiro atoms. The minimum atomic E-state index is -1.21. The predicted molar refractivity (Wildman–Crippen MR) is 72.3 cm³/mol. The first-order chi connectivity index (χ1) is 8.64. The minimum Gasteiger partial charge on any atom is -0.393 e. The van der Waals surface area contributed by atoms with Gasteiger partial charge in [0, 0.05) is 6.42 Å². The average Bonchev–Trinajstić information content (AvgIpc) is 2.42. The van der Waals surface area contributed by atoms with Crippen molar-refractivity contribution in [3.63, 3.8) is 0 Å². The molecule has 0 saturated carbocycles. The number of aryl methyl sites for hydroxylation is 1. The standard InChI is InChI=1S/C16H18O2/c1-13-7-9-14(10-8-13)11-16(18,12-17)15-5-3-2-4-6-15/h2-10,17-18H,11-12H2,1H3. The maximum Gasteiger partial charge on any atom is 0.117 e. The molecule has 0 saturated heterocycles. The fourth-order valence-electron chi connectivity index (χ4n) is 2.04. The molecule has 2 heteroatoms. The highest BCUT2D eigenvalue weighted by Gasteiger charge is 2.28. The van der Waals surface area contributed by atoms with Crippen molar-refractivity contribution in [3.8, 4) is 0 Å². The van der Waals surface area contributed by atoms with Crippen LogP contribution in [-0.4, -0.2) is 16.8 Å². The molecule has 0 aromatic heterocycles. The Morgan fingerprint density at radius 2 is 1.56 bits per heavy atom. The Morgan fingerprint density at radius 1 is 0.944 bits per heavy atom. The second-order valence-corrected chi connectivity index (χ2v) is 4.72. The van der Waals surface area contributed by atoms with Crippen LogP contribution in [0.5, 0.6) is 0 Å². The Morgan fingerprint density at radius 3 is 2.11 bits per heavy atom. The molecule has 0 amide bonds. The van der Waals surface area contributed by atoms with Gasteiger partial charge >= 0.3 is 0 Å². The lowest BCUT2D eigenvalue weighted by atomic mass is 9.88. The summed E-state index contributed by atoms with van der Waals surface area (Å²) < 4.78 is 0. The van der Waals surface area contributed by atoms with Crippen LogP contribution in [0.3, 0.4) is 0 Å². The highest BCUT2D eigenvalue weighted by molar-refractivity contribution is 5.28. The van der Waals surface area contributed by atoms with Gasteiger partial charge in [0.2, 0.25) is 0 Å². The van der Waals surface area contributed by atoms with Crippen molar-refractivity contribution in [2.45, 2.75) is 18.9 Å². The number of hydrogen-bond donors (Lipinski definition) is 2. The zero-order valence-electron chi connectivity index (χ0n) is 10.5. The van der Waals surface area contributed by atoms with E-state index in [4.69, 9.17) is 0 Å². The number of aliphatic hydroxyl groups excluding tert-OH is 1. The van der Waals surface area contributed by atoms with Crippen LogP contribution in [0.1, 0.15) is 16.7 Å². The van der Waals surface area contributed by atoms with E-state index >= 15 is 0 Å². The van der Waals surface area contributed by atoms with Gasteiger partial charge in [-0.25, -0.2) is 0 Å².